The van der Waals surface area contributed by atoms with E-state index < -0.39 is 6.04 Å². The molecule has 0 aliphatic rings. The van der Waals surface area contributed by atoms with Gasteiger partial charge in [-0.25, -0.2) is 0 Å². The van der Waals surface area contributed by atoms with Crippen LogP contribution in [0.4, 0.5) is 0 Å². The molecule has 0 aliphatic heterocycles. The molecule has 1 atom stereocenters. The van der Waals surface area contributed by atoms with Crippen LogP contribution in [0.25, 0.3) is 0 Å². The minimum absolute atomic E-state index is 0.183. The van der Waals surface area contributed by atoms with E-state index >= 15 is 0 Å². The van der Waals surface area contributed by atoms with Gasteiger partial charge in [-0.1, -0.05) is 78.7 Å². The molecule has 0 saturated carbocycles. The topological polar surface area (TPSA) is 58.6 Å². The van der Waals surface area contributed by atoms with E-state index in [4.69, 9.17) is 27.9 Å². The maximum atomic E-state index is 13.6. The van der Waals surface area contributed by atoms with Gasteiger partial charge in [0.05, 0.1) is 10.0 Å². The number of rotatable bonds is 11. The maximum absolute atomic E-state index is 13.6. The number of hydrogen-bond acceptors (Lipinski definition) is 3. The number of nitrogens with zero attached hydrogens (tertiary/aromatic N) is 1. The molecule has 0 heterocycles. The molecular formula is C29H32Cl2N2O3. The Morgan fingerprint density at radius 3 is 2.39 bits per heavy atom. The van der Waals surface area contributed by atoms with Crippen molar-refractivity contribution in [1.82, 2.24) is 10.2 Å². The normalized spacial score (nSPS) is 11.6. The predicted molar refractivity (Wildman–Crippen MR) is 146 cm³/mol. The third-order valence-electron chi connectivity index (χ3n) is 5.85. The second kappa shape index (κ2) is 13.3. The summed E-state index contributed by atoms with van der Waals surface area (Å²) in [6.07, 6.45) is 1.16. The van der Waals surface area contributed by atoms with Crippen molar-refractivity contribution >= 4 is 35.0 Å². The highest BCUT2D eigenvalue weighted by Gasteiger charge is 2.30. The van der Waals surface area contributed by atoms with Crippen molar-refractivity contribution in [2.75, 3.05) is 13.2 Å². The Morgan fingerprint density at radius 1 is 0.944 bits per heavy atom. The van der Waals surface area contributed by atoms with E-state index in [1.165, 1.54) is 0 Å². The van der Waals surface area contributed by atoms with Gasteiger partial charge in [0.15, 0.2) is 6.61 Å². The van der Waals surface area contributed by atoms with Crippen LogP contribution >= 0.6 is 23.2 Å². The van der Waals surface area contributed by atoms with Gasteiger partial charge in [-0.3, -0.25) is 9.59 Å². The smallest absolute Gasteiger partial charge is 0.261 e. The number of ether oxygens (including phenoxy) is 1. The molecule has 1 N–H and O–H groups in total. The Hall–Kier alpha value is -3.02. The lowest BCUT2D eigenvalue weighted by Crippen LogP contribution is -2.51. The SMILES string of the molecule is CCCNC(=O)C(Cc1ccccc1)N(Cc1ccc(Cl)c(Cl)c1)C(=O)COc1cc(C)ccc1C. The van der Waals surface area contributed by atoms with Gasteiger partial charge >= 0.3 is 0 Å². The summed E-state index contributed by atoms with van der Waals surface area (Å²) < 4.78 is 5.93. The Kier molecular flexibility index (Phi) is 10.2. The van der Waals surface area contributed by atoms with Gasteiger partial charge in [-0.15, -0.1) is 0 Å². The summed E-state index contributed by atoms with van der Waals surface area (Å²) in [6.45, 7) is 6.41. The highest BCUT2D eigenvalue weighted by Crippen LogP contribution is 2.25. The number of aryl methyl sites for hydroxylation is 2. The van der Waals surface area contributed by atoms with Gasteiger partial charge in [0.2, 0.25) is 5.91 Å². The van der Waals surface area contributed by atoms with Gasteiger partial charge in [0, 0.05) is 19.5 Å². The molecule has 0 aromatic heterocycles. The molecule has 1 unspecified atom stereocenters. The van der Waals surface area contributed by atoms with Crippen LogP contribution in [0, 0.1) is 13.8 Å². The fourth-order valence-corrected chi connectivity index (χ4v) is 4.16. The van der Waals surface area contributed by atoms with Crippen LogP contribution in [0.15, 0.2) is 66.7 Å². The molecule has 190 valence electrons. The number of benzene rings is 3. The molecule has 36 heavy (non-hydrogen) atoms. The predicted octanol–water partition coefficient (Wildman–Crippen LogP) is 6.16. The Morgan fingerprint density at radius 2 is 1.69 bits per heavy atom. The van der Waals surface area contributed by atoms with E-state index in [1.807, 2.05) is 75.4 Å². The fraction of sp³-hybridized carbons (Fsp3) is 0.310. The molecule has 5 nitrogen and oxygen atoms in total. The van der Waals surface area contributed by atoms with Gasteiger partial charge in [0.1, 0.15) is 11.8 Å². The fourth-order valence-electron chi connectivity index (χ4n) is 3.84. The van der Waals surface area contributed by atoms with Crippen LogP contribution < -0.4 is 10.1 Å². The first kappa shape index (κ1) is 27.6. The zero-order valence-electron chi connectivity index (χ0n) is 20.9. The van der Waals surface area contributed by atoms with Gasteiger partial charge < -0.3 is 15.0 Å². The zero-order valence-corrected chi connectivity index (χ0v) is 22.4. The van der Waals surface area contributed by atoms with Crippen LogP contribution in [0.2, 0.25) is 10.0 Å². The van der Waals surface area contributed by atoms with Crippen LogP contribution in [0.3, 0.4) is 0 Å². The molecule has 3 aromatic rings. The van der Waals surface area contributed by atoms with E-state index in [9.17, 15) is 9.59 Å². The zero-order chi connectivity index (χ0) is 26.1. The molecular weight excluding hydrogens is 495 g/mol. The standard InChI is InChI=1S/C29H32Cl2N2O3/c1-4-14-32-29(35)26(17-22-8-6-5-7-9-22)33(18-23-12-13-24(30)25(31)16-23)28(34)19-36-27-15-20(2)10-11-21(27)3/h5-13,15-16,26H,4,14,17-19H2,1-3H3,(H,32,35). The van der Waals surface area contributed by atoms with Crippen molar-refractivity contribution in [2.45, 2.75) is 46.2 Å². The average molecular weight is 527 g/mol. The summed E-state index contributed by atoms with van der Waals surface area (Å²) in [6, 6.07) is 20.0. The number of hydrogen-bond donors (Lipinski definition) is 1. The monoisotopic (exact) mass is 526 g/mol. The summed E-state index contributed by atoms with van der Waals surface area (Å²) in [7, 11) is 0. The van der Waals surface area contributed by atoms with Crippen molar-refractivity contribution in [2.24, 2.45) is 0 Å². The number of amides is 2. The molecule has 0 bridgehead atoms. The number of carbonyl (C=O) groups excluding carboxylic acids is 2. The summed E-state index contributed by atoms with van der Waals surface area (Å²) in [4.78, 5) is 28.6. The lowest BCUT2D eigenvalue weighted by molar-refractivity contribution is -0.142. The van der Waals surface area contributed by atoms with E-state index in [1.54, 1.807) is 17.0 Å². The first-order chi connectivity index (χ1) is 17.3. The van der Waals surface area contributed by atoms with E-state index in [0.717, 1.165) is 28.7 Å². The van der Waals surface area contributed by atoms with Crippen molar-refractivity contribution in [1.29, 1.82) is 0 Å². The minimum atomic E-state index is -0.733. The van der Waals surface area contributed by atoms with Gasteiger partial charge in [0.25, 0.3) is 5.91 Å². The molecule has 0 fully saturated rings. The van der Waals surface area contributed by atoms with E-state index in [0.29, 0.717) is 28.8 Å². The van der Waals surface area contributed by atoms with Crippen LogP contribution in [0.1, 0.15) is 35.6 Å². The lowest BCUT2D eigenvalue weighted by Gasteiger charge is -2.31. The largest absolute Gasteiger partial charge is 0.483 e. The van der Waals surface area contributed by atoms with E-state index in [2.05, 4.69) is 5.32 Å². The molecule has 2 amide bonds. The molecule has 0 aliphatic carbocycles. The quantitative estimate of drug-likeness (QED) is 0.325. The molecule has 7 heteroatoms. The summed E-state index contributed by atoms with van der Waals surface area (Å²) in [5.74, 6) is 0.142. The molecule has 0 saturated heterocycles. The first-order valence-corrected chi connectivity index (χ1v) is 12.8. The molecule has 0 spiro atoms. The lowest BCUT2D eigenvalue weighted by atomic mass is 10.0. The van der Waals surface area contributed by atoms with Crippen LogP contribution in [-0.2, 0) is 22.6 Å². The van der Waals surface area contributed by atoms with Crippen LogP contribution in [0.5, 0.6) is 5.75 Å². The molecule has 3 rings (SSSR count). The average Bonchev–Trinajstić information content (AvgIpc) is 2.87. The molecule has 3 aromatic carbocycles. The highest BCUT2D eigenvalue weighted by atomic mass is 35.5. The van der Waals surface area contributed by atoms with Gasteiger partial charge in [-0.05, 0) is 60.7 Å². The first-order valence-electron chi connectivity index (χ1n) is 12.0. The Labute approximate surface area is 223 Å². The van der Waals surface area contributed by atoms with Crippen LogP contribution in [-0.4, -0.2) is 35.9 Å². The second-order valence-electron chi connectivity index (χ2n) is 8.82. The molecule has 0 radical (unpaired) electrons. The number of nitrogens with one attached hydrogen (secondary N) is 1. The third kappa shape index (κ3) is 7.74. The summed E-state index contributed by atoms with van der Waals surface area (Å²) >= 11 is 12.4. The van der Waals surface area contributed by atoms with Crippen molar-refractivity contribution < 1.29 is 14.3 Å². The Balaban J connectivity index is 1.93. The van der Waals surface area contributed by atoms with E-state index in [-0.39, 0.29) is 25.0 Å². The van der Waals surface area contributed by atoms with Crippen molar-refractivity contribution in [3.63, 3.8) is 0 Å². The summed E-state index contributed by atoms with van der Waals surface area (Å²) in [5, 5.41) is 3.78. The maximum Gasteiger partial charge on any atom is 0.261 e. The van der Waals surface area contributed by atoms with Crippen molar-refractivity contribution in [3.8, 4) is 5.75 Å². The second-order valence-corrected chi connectivity index (χ2v) is 9.64. The Bertz CT molecular complexity index is 1180. The number of carbonyl (C=O) groups is 2. The highest BCUT2D eigenvalue weighted by molar-refractivity contribution is 6.42. The summed E-state index contributed by atoms with van der Waals surface area (Å²) in [5.41, 5.74) is 3.70. The number of halogens is 2. The minimum Gasteiger partial charge on any atom is -0.483 e. The third-order valence-corrected chi connectivity index (χ3v) is 6.59. The van der Waals surface area contributed by atoms with Gasteiger partial charge in [-0.2, -0.15) is 0 Å². The van der Waals surface area contributed by atoms with Crippen molar-refractivity contribution in [3.05, 3.63) is 99.0 Å².